The first-order chi connectivity index (χ1) is 17.8. The van der Waals surface area contributed by atoms with E-state index in [1.807, 2.05) is 6.92 Å². The number of carbonyl (C=O) groups is 2. The fourth-order valence-corrected chi connectivity index (χ4v) is 6.64. The normalized spacial score (nSPS) is 34.2. The van der Waals surface area contributed by atoms with Crippen LogP contribution in [0.3, 0.4) is 0 Å². The lowest BCUT2D eigenvalue weighted by Crippen LogP contribution is -2.57. The first-order valence-electron chi connectivity index (χ1n) is 13.1. The Kier molecular flexibility index (Phi) is 7.09. The van der Waals surface area contributed by atoms with Crippen LogP contribution in [-0.2, 0) is 19.1 Å². The lowest BCUT2D eigenvalue weighted by molar-refractivity contribution is -0.178. The van der Waals surface area contributed by atoms with E-state index in [1.165, 1.54) is 24.2 Å². The molecule has 2 saturated heterocycles. The Bertz CT molecular complexity index is 1130. The maximum atomic E-state index is 15.0. The Balaban J connectivity index is 0.00000336. The van der Waals surface area contributed by atoms with E-state index in [1.54, 1.807) is 17.1 Å². The fraction of sp³-hybridized carbons (Fsp3) is 0.571. The summed E-state index contributed by atoms with van der Waals surface area (Å²) in [5.74, 6) is -3.05. The second-order valence-electron chi connectivity index (χ2n) is 10.4. The van der Waals surface area contributed by atoms with Crippen molar-refractivity contribution in [2.45, 2.75) is 57.2 Å². The van der Waals surface area contributed by atoms with E-state index in [-0.39, 0.29) is 68.6 Å². The Morgan fingerprint density at radius 3 is 2.86 bits per heavy atom. The average molecular weight is 521 g/mol. The highest BCUT2D eigenvalue weighted by Gasteiger charge is 2.57. The average Bonchev–Trinajstić information content (AvgIpc) is 3.15. The van der Waals surface area contributed by atoms with Crippen LogP contribution in [0.1, 0.15) is 46.9 Å². The van der Waals surface area contributed by atoms with Gasteiger partial charge in [-0.2, -0.15) is 0 Å². The van der Waals surface area contributed by atoms with Gasteiger partial charge in [-0.25, -0.2) is 13.2 Å². The van der Waals surface area contributed by atoms with Crippen LogP contribution in [-0.4, -0.2) is 60.2 Å². The molecule has 5 atom stereocenters. The molecule has 0 aromatic carbocycles. The molecule has 2 amide bonds. The zero-order valence-corrected chi connectivity index (χ0v) is 21.2. The van der Waals surface area contributed by atoms with Crippen LogP contribution in [0.2, 0.25) is 0 Å². The smallest absolute Gasteiger partial charge is 0.257 e. The van der Waals surface area contributed by atoms with Gasteiger partial charge in [-0.3, -0.25) is 9.59 Å². The monoisotopic (exact) mass is 520 g/mol. The van der Waals surface area contributed by atoms with Crippen molar-refractivity contribution < 1.29 is 33.7 Å². The number of ether oxygens (including phenoxy) is 2. The van der Waals surface area contributed by atoms with Gasteiger partial charge in [0.25, 0.3) is 5.91 Å². The van der Waals surface area contributed by atoms with E-state index in [2.05, 4.69) is 0 Å². The second kappa shape index (κ2) is 10.2. The van der Waals surface area contributed by atoms with Gasteiger partial charge in [0, 0.05) is 39.0 Å². The van der Waals surface area contributed by atoms with Gasteiger partial charge in [-0.05, 0) is 56.1 Å². The fourth-order valence-electron chi connectivity index (χ4n) is 6.64. The topological polar surface area (TPSA) is 59.1 Å². The van der Waals surface area contributed by atoms with E-state index in [0.29, 0.717) is 32.1 Å². The van der Waals surface area contributed by atoms with Crippen molar-refractivity contribution in [1.82, 2.24) is 9.80 Å². The zero-order chi connectivity index (χ0) is 26.3. The lowest BCUT2D eigenvalue weighted by Gasteiger charge is -2.51. The van der Waals surface area contributed by atoms with Crippen molar-refractivity contribution in [3.63, 3.8) is 0 Å². The molecule has 3 fully saturated rings. The molecule has 3 unspecified atom stereocenters. The van der Waals surface area contributed by atoms with Gasteiger partial charge >= 0.3 is 0 Å². The largest absolute Gasteiger partial charge is 0.494 e. The third-order valence-corrected chi connectivity index (χ3v) is 8.63. The molecular formula is C28H35F3N2O4. The lowest BCUT2D eigenvalue weighted by atomic mass is 9.59. The number of hydrogen-bond acceptors (Lipinski definition) is 4. The number of halogens is 3. The number of nitrogens with zero attached hydrogens (tertiary/aromatic N) is 2. The summed E-state index contributed by atoms with van der Waals surface area (Å²) < 4.78 is 54.7. The molecule has 0 bridgehead atoms. The predicted molar refractivity (Wildman–Crippen MR) is 133 cm³/mol. The van der Waals surface area contributed by atoms with Crippen molar-refractivity contribution in [3.8, 4) is 0 Å². The number of carbonyl (C=O) groups excluding carboxylic acids is 2. The molecule has 9 heteroatoms. The Hall–Kier alpha value is -2.81. The molecule has 202 valence electrons. The van der Waals surface area contributed by atoms with Crippen LogP contribution in [0, 0.1) is 17.8 Å². The third-order valence-electron chi connectivity index (χ3n) is 8.63. The van der Waals surface area contributed by atoms with E-state index >= 15 is 4.39 Å². The molecule has 0 radical (unpaired) electrons. The SMILES string of the molecule is CC[C@@]12CC[C@@H](C3CC4C(F)=CC(F)=CC43)N1C(=O)CCN(C(=O)C1=C(F)C(OC)=CCC=C1)CCO2.[HH]. The number of amides is 2. The summed E-state index contributed by atoms with van der Waals surface area (Å²) in [6, 6.07) is -0.190. The molecule has 2 aliphatic heterocycles. The van der Waals surface area contributed by atoms with Crippen LogP contribution in [0.15, 0.2) is 59.2 Å². The molecule has 3 aliphatic carbocycles. The van der Waals surface area contributed by atoms with Crippen molar-refractivity contribution in [3.05, 3.63) is 59.2 Å². The highest BCUT2D eigenvalue weighted by molar-refractivity contribution is 5.97. The minimum absolute atomic E-state index is 0. The van der Waals surface area contributed by atoms with Crippen molar-refractivity contribution in [1.29, 1.82) is 0 Å². The van der Waals surface area contributed by atoms with Crippen molar-refractivity contribution in [2.24, 2.45) is 17.8 Å². The maximum Gasteiger partial charge on any atom is 0.257 e. The summed E-state index contributed by atoms with van der Waals surface area (Å²) in [6.45, 7) is 2.47. The summed E-state index contributed by atoms with van der Waals surface area (Å²) >= 11 is 0. The Morgan fingerprint density at radius 2 is 2.11 bits per heavy atom. The number of hydrogen-bond donors (Lipinski definition) is 0. The molecule has 0 spiro atoms. The van der Waals surface area contributed by atoms with Gasteiger partial charge in [0.1, 0.15) is 17.4 Å². The van der Waals surface area contributed by atoms with Gasteiger partial charge in [0.05, 0.1) is 19.3 Å². The summed E-state index contributed by atoms with van der Waals surface area (Å²) in [5.41, 5.74) is -0.932. The molecule has 5 rings (SSSR count). The molecular weight excluding hydrogens is 485 g/mol. The van der Waals surface area contributed by atoms with Crippen LogP contribution < -0.4 is 0 Å². The number of fused-ring (bicyclic) bond motifs is 2. The van der Waals surface area contributed by atoms with E-state index < -0.39 is 29.1 Å². The molecule has 0 aromatic heterocycles. The Morgan fingerprint density at radius 1 is 1.30 bits per heavy atom. The summed E-state index contributed by atoms with van der Waals surface area (Å²) in [4.78, 5) is 30.3. The first-order valence-corrected chi connectivity index (χ1v) is 13.1. The molecule has 2 heterocycles. The summed E-state index contributed by atoms with van der Waals surface area (Å²) in [7, 11) is 1.35. The van der Waals surface area contributed by atoms with Crippen LogP contribution >= 0.6 is 0 Å². The van der Waals surface area contributed by atoms with Gasteiger partial charge in [0.15, 0.2) is 11.6 Å². The molecule has 6 nitrogen and oxygen atoms in total. The quantitative estimate of drug-likeness (QED) is 0.507. The molecule has 37 heavy (non-hydrogen) atoms. The van der Waals surface area contributed by atoms with Gasteiger partial charge in [-0.15, -0.1) is 0 Å². The first kappa shape index (κ1) is 25.8. The standard InChI is InChI=1S/C28H33F3N2O4.H2/c1-3-28-10-8-23(21-16-20-19(21)14-17(29)15-22(20)30)33(28)25(34)9-11-32(12-13-37-28)27(35)18-6-4-5-7-24(36-2)26(18)31;/h4,6-7,14-15,19-21,23H,3,5,8-13,16H2,1-2H3;1H/t19?,20?,21?,23-,28+;/m0./s1. The van der Waals surface area contributed by atoms with Gasteiger partial charge in [-0.1, -0.05) is 19.1 Å². The predicted octanol–water partition coefficient (Wildman–Crippen LogP) is 5.27. The van der Waals surface area contributed by atoms with Crippen molar-refractivity contribution in [2.75, 3.05) is 26.8 Å². The molecule has 1 saturated carbocycles. The molecule has 0 N–H and O–H groups in total. The van der Waals surface area contributed by atoms with Crippen molar-refractivity contribution >= 4 is 11.8 Å². The van der Waals surface area contributed by atoms with E-state index in [0.717, 1.165) is 6.08 Å². The minimum Gasteiger partial charge on any atom is -0.494 e. The van der Waals surface area contributed by atoms with E-state index in [9.17, 15) is 18.4 Å². The second-order valence-corrected chi connectivity index (χ2v) is 10.4. The highest BCUT2D eigenvalue weighted by Crippen LogP contribution is 2.55. The number of rotatable bonds is 4. The highest BCUT2D eigenvalue weighted by atomic mass is 19.1. The summed E-state index contributed by atoms with van der Waals surface area (Å²) in [5, 5.41) is 0. The van der Waals surface area contributed by atoms with E-state index in [4.69, 9.17) is 9.47 Å². The van der Waals surface area contributed by atoms with Gasteiger partial charge in [0.2, 0.25) is 5.91 Å². The van der Waals surface area contributed by atoms with Crippen LogP contribution in [0.4, 0.5) is 13.2 Å². The Labute approximate surface area is 216 Å². The number of methoxy groups -OCH3 is 1. The van der Waals surface area contributed by atoms with Crippen LogP contribution in [0.5, 0.6) is 0 Å². The molecule has 5 aliphatic rings. The maximum absolute atomic E-state index is 15.0. The third kappa shape index (κ3) is 4.45. The number of allylic oxidation sites excluding steroid dienone is 7. The van der Waals surface area contributed by atoms with Crippen LogP contribution in [0.25, 0.3) is 0 Å². The minimum atomic E-state index is -0.824. The zero-order valence-electron chi connectivity index (χ0n) is 21.2. The van der Waals surface area contributed by atoms with Gasteiger partial charge < -0.3 is 19.3 Å². The summed E-state index contributed by atoms with van der Waals surface area (Å²) in [6.07, 6.45) is 10.1. The molecule has 0 aromatic rings.